The summed E-state index contributed by atoms with van der Waals surface area (Å²) >= 11 is 1.39. The van der Waals surface area contributed by atoms with Crippen LogP contribution in [0.15, 0.2) is 41.8 Å². The number of piperidine rings is 1. The number of rotatable bonds is 4. The van der Waals surface area contributed by atoms with Gasteiger partial charge in [-0.25, -0.2) is 0 Å². The number of benzene rings is 1. The third-order valence-electron chi connectivity index (χ3n) is 4.27. The van der Waals surface area contributed by atoms with E-state index in [-0.39, 0.29) is 11.8 Å². The molecular weight excluding hydrogens is 322 g/mol. The van der Waals surface area contributed by atoms with Gasteiger partial charge in [-0.3, -0.25) is 9.59 Å². The number of carbonyl (C=O) groups is 2. The van der Waals surface area contributed by atoms with E-state index >= 15 is 0 Å². The fourth-order valence-electron chi connectivity index (χ4n) is 2.81. The molecule has 1 aliphatic rings. The Bertz CT molecular complexity index is 722. The summed E-state index contributed by atoms with van der Waals surface area (Å²) < 4.78 is 0. The molecule has 3 rings (SSSR count). The highest BCUT2D eigenvalue weighted by atomic mass is 32.1. The fourth-order valence-corrected chi connectivity index (χ4v) is 3.43. The summed E-state index contributed by atoms with van der Waals surface area (Å²) in [5, 5.41) is 11.0. The van der Waals surface area contributed by atoms with Crippen molar-refractivity contribution in [2.75, 3.05) is 23.7 Å². The summed E-state index contributed by atoms with van der Waals surface area (Å²) in [4.78, 5) is 25.3. The van der Waals surface area contributed by atoms with E-state index in [0.29, 0.717) is 22.8 Å². The van der Waals surface area contributed by atoms with Gasteiger partial charge in [0.1, 0.15) is 0 Å². The van der Waals surface area contributed by atoms with Crippen molar-refractivity contribution >= 4 is 34.5 Å². The zero-order valence-electron chi connectivity index (χ0n) is 13.6. The number of thiophene rings is 1. The van der Waals surface area contributed by atoms with Gasteiger partial charge >= 0.3 is 0 Å². The van der Waals surface area contributed by atoms with Crippen molar-refractivity contribution in [1.82, 2.24) is 5.32 Å². The molecule has 2 aromatic rings. The predicted octanol–water partition coefficient (Wildman–Crippen LogP) is 3.33. The maximum absolute atomic E-state index is 12.6. The van der Waals surface area contributed by atoms with E-state index in [4.69, 9.17) is 0 Å². The molecule has 0 bridgehead atoms. The predicted molar refractivity (Wildman–Crippen MR) is 97.6 cm³/mol. The number of amides is 2. The smallest absolute Gasteiger partial charge is 0.265 e. The molecule has 0 aliphatic carbocycles. The highest BCUT2D eigenvalue weighted by molar-refractivity contribution is 7.12. The lowest BCUT2D eigenvalue weighted by molar-refractivity contribution is -0.125. The van der Waals surface area contributed by atoms with Gasteiger partial charge in [-0.05, 0) is 56.0 Å². The monoisotopic (exact) mass is 343 g/mol. The van der Waals surface area contributed by atoms with E-state index in [1.54, 1.807) is 12.1 Å². The number of anilines is 2. The van der Waals surface area contributed by atoms with Crippen molar-refractivity contribution in [3.05, 3.63) is 46.7 Å². The van der Waals surface area contributed by atoms with E-state index in [1.165, 1.54) is 11.3 Å². The Morgan fingerprint density at radius 2 is 1.96 bits per heavy atom. The Morgan fingerprint density at radius 1 is 1.17 bits per heavy atom. The molecule has 1 aromatic carbocycles. The maximum Gasteiger partial charge on any atom is 0.265 e. The van der Waals surface area contributed by atoms with Crippen molar-refractivity contribution in [3.63, 3.8) is 0 Å². The average Bonchev–Trinajstić information content (AvgIpc) is 3.10. The van der Waals surface area contributed by atoms with Gasteiger partial charge < -0.3 is 16.0 Å². The van der Waals surface area contributed by atoms with Crippen LogP contribution in [0.4, 0.5) is 11.4 Å². The standard InChI is InChI=1S/C18H21N3O2S/c1-18(8-4-9-19-12-18)17(23)21-14-6-2-5-13(11-14)20-16(22)15-7-3-10-24-15/h2-3,5-7,10-11,19H,4,8-9,12H2,1H3,(H,20,22)(H,21,23). The third-order valence-corrected chi connectivity index (χ3v) is 5.14. The molecule has 2 heterocycles. The summed E-state index contributed by atoms with van der Waals surface area (Å²) in [7, 11) is 0. The molecule has 0 radical (unpaired) electrons. The minimum atomic E-state index is -0.394. The zero-order valence-corrected chi connectivity index (χ0v) is 14.4. The van der Waals surface area contributed by atoms with Crippen LogP contribution in [0.5, 0.6) is 0 Å². The van der Waals surface area contributed by atoms with Gasteiger partial charge in [-0.2, -0.15) is 0 Å². The number of hydrogen-bond donors (Lipinski definition) is 3. The highest BCUT2D eigenvalue weighted by Crippen LogP contribution is 2.28. The van der Waals surface area contributed by atoms with E-state index in [2.05, 4.69) is 16.0 Å². The van der Waals surface area contributed by atoms with Crippen LogP contribution in [0.2, 0.25) is 0 Å². The highest BCUT2D eigenvalue weighted by Gasteiger charge is 2.34. The Hall–Kier alpha value is -2.18. The molecule has 1 aromatic heterocycles. The van der Waals surface area contributed by atoms with Crippen molar-refractivity contribution in [3.8, 4) is 0 Å². The summed E-state index contributed by atoms with van der Waals surface area (Å²) in [6, 6.07) is 10.9. The van der Waals surface area contributed by atoms with Crippen LogP contribution in [-0.2, 0) is 4.79 Å². The summed E-state index contributed by atoms with van der Waals surface area (Å²) in [6.45, 7) is 3.64. The van der Waals surface area contributed by atoms with Crippen molar-refractivity contribution in [1.29, 1.82) is 0 Å². The molecule has 1 aliphatic heterocycles. The Kier molecular flexibility index (Phi) is 4.97. The first-order valence-corrected chi connectivity index (χ1v) is 8.92. The SMILES string of the molecule is CC1(C(=O)Nc2cccc(NC(=O)c3cccs3)c2)CCCNC1. The van der Waals surface area contributed by atoms with Crippen molar-refractivity contribution in [2.45, 2.75) is 19.8 Å². The third kappa shape index (κ3) is 3.83. The molecular formula is C18H21N3O2S. The molecule has 3 N–H and O–H groups in total. The van der Waals surface area contributed by atoms with Gasteiger partial charge in [0, 0.05) is 17.9 Å². The van der Waals surface area contributed by atoms with Crippen LogP contribution < -0.4 is 16.0 Å². The molecule has 6 heteroatoms. The Labute approximate surface area is 145 Å². The molecule has 0 saturated carbocycles. The van der Waals surface area contributed by atoms with E-state index in [0.717, 1.165) is 19.4 Å². The Morgan fingerprint density at radius 3 is 2.62 bits per heavy atom. The number of carbonyl (C=O) groups excluding carboxylic acids is 2. The van der Waals surface area contributed by atoms with Crippen LogP contribution in [-0.4, -0.2) is 24.9 Å². The Balaban J connectivity index is 1.67. The van der Waals surface area contributed by atoms with E-state index < -0.39 is 5.41 Å². The minimum Gasteiger partial charge on any atom is -0.326 e. The lowest BCUT2D eigenvalue weighted by Crippen LogP contribution is -2.46. The zero-order chi connectivity index (χ0) is 17.0. The van der Waals surface area contributed by atoms with Crippen LogP contribution in [0.1, 0.15) is 29.4 Å². The van der Waals surface area contributed by atoms with Crippen molar-refractivity contribution in [2.24, 2.45) is 5.41 Å². The molecule has 5 nitrogen and oxygen atoms in total. The van der Waals surface area contributed by atoms with Gasteiger partial charge in [-0.15, -0.1) is 11.3 Å². The maximum atomic E-state index is 12.6. The second kappa shape index (κ2) is 7.15. The molecule has 126 valence electrons. The normalized spacial score (nSPS) is 20.4. The van der Waals surface area contributed by atoms with Crippen LogP contribution >= 0.6 is 11.3 Å². The number of hydrogen-bond acceptors (Lipinski definition) is 4. The van der Waals surface area contributed by atoms with Crippen LogP contribution in [0, 0.1) is 5.41 Å². The summed E-state index contributed by atoms with van der Waals surface area (Å²) in [6.07, 6.45) is 1.88. The largest absolute Gasteiger partial charge is 0.326 e. The summed E-state index contributed by atoms with van der Waals surface area (Å²) in [5.74, 6) is -0.131. The van der Waals surface area contributed by atoms with Gasteiger partial charge in [-0.1, -0.05) is 12.1 Å². The van der Waals surface area contributed by atoms with Gasteiger partial charge in [0.2, 0.25) is 5.91 Å². The second-order valence-electron chi connectivity index (χ2n) is 6.31. The van der Waals surface area contributed by atoms with Gasteiger partial charge in [0.15, 0.2) is 0 Å². The second-order valence-corrected chi connectivity index (χ2v) is 7.26. The molecule has 0 spiro atoms. The quantitative estimate of drug-likeness (QED) is 0.797. The van der Waals surface area contributed by atoms with E-state index in [9.17, 15) is 9.59 Å². The molecule has 1 fully saturated rings. The van der Waals surface area contributed by atoms with Gasteiger partial charge in [0.25, 0.3) is 5.91 Å². The van der Waals surface area contributed by atoms with Crippen LogP contribution in [0.25, 0.3) is 0 Å². The topological polar surface area (TPSA) is 70.2 Å². The lowest BCUT2D eigenvalue weighted by Gasteiger charge is -2.32. The molecule has 1 atom stereocenters. The minimum absolute atomic E-state index is 0.0106. The number of nitrogens with one attached hydrogen (secondary N) is 3. The van der Waals surface area contributed by atoms with Crippen LogP contribution in [0.3, 0.4) is 0 Å². The van der Waals surface area contributed by atoms with E-state index in [1.807, 2.05) is 36.6 Å². The first kappa shape index (κ1) is 16.7. The average molecular weight is 343 g/mol. The first-order chi connectivity index (χ1) is 11.6. The fraction of sp³-hybridized carbons (Fsp3) is 0.333. The van der Waals surface area contributed by atoms with Crippen molar-refractivity contribution < 1.29 is 9.59 Å². The van der Waals surface area contributed by atoms with Gasteiger partial charge in [0.05, 0.1) is 10.3 Å². The molecule has 1 saturated heterocycles. The molecule has 1 unspecified atom stereocenters. The first-order valence-electron chi connectivity index (χ1n) is 8.04. The summed E-state index contributed by atoms with van der Waals surface area (Å²) in [5.41, 5.74) is 0.961. The molecule has 2 amide bonds. The molecule has 24 heavy (non-hydrogen) atoms. The lowest BCUT2D eigenvalue weighted by atomic mass is 9.82.